The van der Waals surface area contributed by atoms with E-state index in [1.54, 1.807) is 0 Å². The van der Waals surface area contributed by atoms with E-state index in [-0.39, 0.29) is 5.82 Å². The third-order valence-corrected chi connectivity index (χ3v) is 4.03. The second kappa shape index (κ2) is 6.54. The molecule has 0 atom stereocenters. The summed E-state index contributed by atoms with van der Waals surface area (Å²) in [4.78, 5) is 7.11. The maximum atomic E-state index is 13.4. The van der Waals surface area contributed by atoms with Crippen molar-refractivity contribution >= 4 is 11.0 Å². The van der Waals surface area contributed by atoms with E-state index < -0.39 is 0 Å². The number of imidazole rings is 1. The van der Waals surface area contributed by atoms with E-state index in [1.165, 1.54) is 18.6 Å². The average molecular weight is 290 g/mol. The fourth-order valence-electron chi connectivity index (χ4n) is 3.01. The number of benzene rings is 1. The van der Waals surface area contributed by atoms with Gasteiger partial charge in [-0.25, -0.2) is 9.37 Å². The normalized spacial score (nSPS) is 17.2. The van der Waals surface area contributed by atoms with Crippen LogP contribution in [-0.2, 0) is 13.1 Å². The van der Waals surface area contributed by atoms with E-state index >= 15 is 0 Å². The Kier molecular flexibility index (Phi) is 4.51. The van der Waals surface area contributed by atoms with E-state index in [0.717, 1.165) is 62.5 Å². The topological polar surface area (TPSA) is 33.1 Å². The molecule has 21 heavy (non-hydrogen) atoms. The Morgan fingerprint density at radius 1 is 1.29 bits per heavy atom. The number of fused-ring (bicyclic) bond motifs is 1. The van der Waals surface area contributed by atoms with Crippen molar-refractivity contribution in [3.63, 3.8) is 0 Å². The van der Waals surface area contributed by atoms with Crippen LogP contribution in [0.3, 0.4) is 0 Å². The van der Waals surface area contributed by atoms with Gasteiger partial charge in [-0.3, -0.25) is 4.90 Å². The van der Waals surface area contributed by atoms with Crippen LogP contribution in [0.5, 0.6) is 0 Å². The number of hydrogen-bond donors (Lipinski definition) is 1. The number of aryl methyl sites for hydroxylation is 1. The lowest BCUT2D eigenvalue weighted by Crippen LogP contribution is -2.29. The number of halogens is 1. The van der Waals surface area contributed by atoms with Crippen molar-refractivity contribution in [3.8, 4) is 0 Å². The predicted octanol–water partition coefficient (Wildman–Crippen LogP) is 2.38. The van der Waals surface area contributed by atoms with Crippen LogP contribution in [0.25, 0.3) is 11.0 Å². The molecule has 1 fully saturated rings. The van der Waals surface area contributed by atoms with Gasteiger partial charge in [-0.15, -0.1) is 0 Å². The highest BCUT2D eigenvalue weighted by Crippen LogP contribution is 2.19. The van der Waals surface area contributed by atoms with E-state index in [4.69, 9.17) is 0 Å². The predicted molar refractivity (Wildman–Crippen MR) is 82.7 cm³/mol. The molecule has 3 rings (SSSR count). The lowest BCUT2D eigenvalue weighted by molar-refractivity contribution is 0.273. The number of rotatable bonds is 4. The van der Waals surface area contributed by atoms with Crippen molar-refractivity contribution in [2.75, 3.05) is 26.2 Å². The van der Waals surface area contributed by atoms with Crippen molar-refractivity contribution in [3.05, 3.63) is 29.8 Å². The van der Waals surface area contributed by atoms with Crippen LogP contribution in [0.4, 0.5) is 4.39 Å². The molecule has 0 spiro atoms. The third-order valence-electron chi connectivity index (χ3n) is 4.03. The Balaban J connectivity index is 1.90. The van der Waals surface area contributed by atoms with Crippen molar-refractivity contribution in [1.82, 2.24) is 19.8 Å². The molecule has 0 saturated carbocycles. The summed E-state index contributed by atoms with van der Waals surface area (Å²) in [5.74, 6) is 0.841. The molecule has 2 aromatic rings. The average Bonchev–Trinajstić information content (AvgIpc) is 2.65. The van der Waals surface area contributed by atoms with E-state index in [1.807, 2.05) is 6.07 Å². The first kappa shape index (κ1) is 14.5. The standard InChI is InChI=1S/C16H23FN4/c1-2-8-21-15-5-4-13(17)11-14(15)19-16(21)12-20-9-3-6-18-7-10-20/h4-5,11,18H,2-3,6-10,12H2,1H3. The van der Waals surface area contributed by atoms with Gasteiger partial charge in [0, 0.05) is 25.7 Å². The Hall–Kier alpha value is -1.46. The Morgan fingerprint density at radius 3 is 3.05 bits per heavy atom. The van der Waals surface area contributed by atoms with Gasteiger partial charge in [-0.2, -0.15) is 0 Å². The maximum Gasteiger partial charge on any atom is 0.125 e. The molecule has 1 aliphatic rings. The van der Waals surface area contributed by atoms with Gasteiger partial charge < -0.3 is 9.88 Å². The third kappa shape index (κ3) is 3.24. The highest BCUT2D eigenvalue weighted by Gasteiger charge is 2.15. The molecular weight excluding hydrogens is 267 g/mol. The van der Waals surface area contributed by atoms with Gasteiger partial charge >= 0.3 is 0 Å². The summed E-state index contributed by atoms with van der Waals surface area (Å²) in [6, 6.07) is 4.91. The molecule has 1 aromatic heterocycles. The number of aromatic nitrogens is 2. The van der Waals surface area contributed by atoms with Crippen LogP contribution >= 0.6 is 0 Å². The molecule has 4 nitrogen and oxygen atoms in total. The summed E-state index contributed by atoms with van der Waals surface area (Å²) >= 11 is 0. The minimum absolute atomic E-state index is 0.214. The smallest absolute Gasteiger partial charge is 0.125 e. The van der Waals surface area contributed by atoms with Crippen LogP contribution in [0.15, 0.2) is 18.2 Å². The summed E-state index contributed by atoms with van der Waals surface area (Å²) in [6.45, 7) is 8.20. The molecule has 1 aliphatic heterocycles. The van der Waals surface area contributed by atoms with Crippen molar-refractivity contribution in [2.24, 2.45) is 0 Å². The molecule has 5 heteroatoms. The first-order valence-corrected chi connectivity index (χ1v) is 7.85. The Bertz CT molecular complexity index is 600. The second-order valence-corrected chi connectivity index (χ2v) is 5.69. The van der Waals surface area contributed by atoms with Crippen LogP contribution < -0.4 is 5.32 Å². The monoisotopic (exact) mass is 290 g/mol. The Labute approximate surface area is 125 Å². The molecular formula is C16H23FN4. The summed E-state index contributed by atoms with van der Waals surface area (Å²) in [5, 5.41) is 3.42. The highest BCUT2D eigenvalue weighted by atomic mass is 19.1. The van der Waals surface area contributed by atoms with E-state index in [2.05, 4.69) is 26.7 Å². The van der Waals surface area contributed by atoms with Gasteiger partial charge in [0.15, 0.2) is 0 Å². The first-order chi connectivity index (χ1) is 10.3. The maximum absolute atomic E-state index is 13.4. The van der Waals surface area contributed by atoms with Crippen molar-refractivity contribution < 1.29 is 4.39 Å². The highest BCUT2D eigenvalue weighted by molar-refractivity contribution is 5.76. The minimum Gasteiger partial charge on any atom is -0.327 e. The molecule has 0 unspecified atom stereocenters. The van der Waals surface area contributed by atoms with Gasteiger partial charge in [0.2, 0.25) is 0 Å². The molecule has 1 saturated heterocycles. The largest absolute Gasteiger partial charge is 0.327 e. The zero-order chi connectivity index (χ0) is 14.7. The zero-order valence-electron chi connectivity index (χ0n) is 12.6. The number of hydrogen-bond acceptors (Lipinski definition) is 3. The van der Waals surface area contributed by atoms with Crippen LogP contribution in [-0.4, -0.2) is 40.6 Å². The quantitative estimate of drug-likeness (QED) is 0.938. The second-order valence-electron chi connectivity index (χ2n) is 5.69. The first-order valence-electron chi connectivity index (χ1n) is 7.85. The van der Waals surface area contributed by atoms with Gasteiger partial charge in [0.05, 0.1) is 17.6 Å². The molecule has 114 valence electrons. The van der Waals surface area contributed by atoms with E-state index in [0.29, 0.717) is 0 Å². The summed E-state index contributed by atoms with van der Waals surface area (Å²) in [7, 11) is 0. The SMILES string of the molecule is CCCn1c(CN2CCCNCC2)nc2cc(F)ccc21. The molecule has 0 amide bonds. The van der Waals surface area contributed by atoms with E-state index in [9.17, 15) is 4.39 Å². The molecule has 0 radical (unpaired) electrons. The van der Waals surface area contributed by atoms with Gasteiger partial charge in [-0.05, 0) is 38.1 Å². The Morgan fingerprint density at radius 2 is 2.19 bits per heavy atom. The minimum atomic E-state index is -0.214. The molecule has 0 aliphatic carbocycles. The lowest BCUT2D eigenvalue weighted by atomic mass is 10.3. The molecule has 0 bridgehead atoms. The van der Waals surface area contributed by atoms with Crippen LogP contribution in [0, 0.1) is 5.82 Å². The van der Waals surface area contributed by atoms with Gasteiger partial charge in [0.25, 0.3) is 0 Å². The van der Waals surface area contributed by atoms with Gasteiger partial charge in [-0.1, -0.05) is 6.92 Å². The van der Waals surface area contributed by atoms with Gasteiger partial charge in [0.1, 0.15) is 11.6 Å². The van der Waals surface area contributed by atoms with Crippen molar-refractivity contribution in [2.45, 2.75) is 32.9 Å². The summed E-state index contributed by atoms with van der Waals surface area (Å²) < 4.78 is 15.7. The molecule has 1 N–H and O–H groups in total. The fraction of sp³-hybridized carbons (Fsp3) is 0.562. The van der Waals surface area contributed by atoms with Crippen LogP contribution in [0.2, 0.25) is 0 Å². The van der Waals surface area contributed by atoms with Crippen molar-refractivity contribution in [1.29, 1.82) is 0 Å². The zero-order valence-corrected chi connectivity index (χ0v) is 12.6. The fourth-order valence-corrected chi connectivity index (χ4v) is 3.01. The molecule has 2 heterocycles. The number of nitrogens with one attached hydrogen (secondary N) is 1. The van der Waals surface area contributed by atoms with Crippen LogP contribution in [0.1, 0.15) is 25.6 Å². The summed E-state index contributed by atoms with van der Waals surface area (Å²) in [6.07, 6.45) is 2.22. The summed E-state index contributed by atoms with van der Waals surface area (Å²) in [5.41, 5.74) is 1.81. The lowest BCUT2D eigenvalue weighted by Gasteiger charge is -2.19. The number of nitrogens with zero attached hydrogens (tertiary/aromatic N) is 3. The molecule has 1 aromatic carbocycles.